The van der Waals surface area contributed by atoms with Gasteiger partial charge in [0.05, 0.1) is 17.7 Å². The molecule has 0 aliphatic carbocycles. The van der Waals surface area contributed by atoms with Gasteiger partial charge in [0, 0.05) is 12.1 Å². The van der Waals surface area contributed by atoms with Crippen LogP contribution in [0.3, 0.4) is 0 Å². The SMILES string of the molecule is CCc1cccc(Oc2cccc(C(NCC(O)c3ccc(C(F)(F)F)cc3)c3cccc(C(F)(F)C(F)(F)F)c3)c2)c1. The molecule has 0 aliphatic heterocycles. The molecule has 43 heavy (non-hydrogen) atoms. The lowest BCUT2D eigenvalue weighted by Crippen LogP contribution is -2.34. The molecule has 2 atom stereocenters. The van der Waals surface area contributed by atoms with Crippen molar-refractivity contribution in [1.29, 1.82) is 0 Å². The molecule has 4 aromatic rings. The second-order valence-corrected chi connectivity index (χ2v) is 9.85. The highest BCUT2D eigenvalue weighted by atomic mass is 19.4. The Labute approximate surface area is 242 Å². The van der Waals surface area contributed by atoms with Crippen LogP contribution in [0.2, 0.25) is 0 Å². The first-order valence-corrected chi connectivity index (χ1v) is 13.2. The quantitative estimate of drug-likeness (QED) is 0.176. The van der Waals surface area contributed by atoms with Crippen LogP contribution in [0.25, 0.3) is 0 Å². The first kappa shape index (κ1) is 32.0. The van der Waals surface area contributed by atoms with Gasteiger partial charge < -0.3 is 15.2 Å². The number of ether oxygens (including phenoxy) is 1. The van der Waals surface area contributed by atoms with Gasteiger partial charge in [-0.2, -0.15) is 35.1 Å². The minimum absolute atomic E-state index is 0.0335. The van der Waals surface area contributed by atoms with Gasteiger partial charge in [-0.1, -0.05) is 61.5 Å². The van der Waals surface area contributed by atoms with Gasteiger partial charge in [-0.25, -0.2) is 0 Å². The van der Waals surface area contributed by atoms with E-state index in [0.29, 0.717) is 23.1 Å². The van der Waals surface area contributed by atoms with Crippen molar-refractivity contribution in [1.82, 2.24) is 5.32 Å². The van der Waals surface area contributed by atoms with E-state index < -0.39 is 41.5 Å². The van der Waals surface area contributed by atoms with E-state index in [9.17, 15) is 40.2 Å². The van der Waals surface area contributed by atoms with Crippen molar-refractivity contribution >= 4 is 0 Å². The molecule has 2 unspecified atom stereocenters. The zero-order chi connectivity index (χ0) is 31.4. The standard InChI is InChI=1S/C32H27F8NO2/c1-2-20-6-3-10-26(16-20)43-27-11-5-8-23(18-27)29(22-7-4-9-25(17-22)30(33,34)32(38,39)40)41-19-28(42)21-12-14-24(15-13-21)31(35,36)37/h3-18,28-29,41-42H,2,19H2,1H3. The summed E-state index contributed by atoms with van der Waals surface area (Å²) in [7, 11) is 0. The van der Waals surface area contributed by atoms with Crippen LogP contribution in [0.4, 0.5) is 35.1 Å². The summed E-state index contributed by atoms with van der Waals surface area (Å²) >= 11 is 0. The van der Waals surface area contributed by atoms with Crippen LogP contribution in [0.15, 0.2) is 97.1 Å². The Morgan fingerprint density at radius 3 is 1.86 bits per heavy atom. The molecule has 2 N–H and O–H groups in total. The Morgan fingerprint density at radius 1 is 0.674 bits per heavy atom. The third kappa shape index (κ3) is 7.71. The Balaban J connectivity index is 1.67. The second-order valence-electron chi connectivity index (χ2n) is 9.85. The molecule has 0 heterocycles. The van der Waals surface area contributed by atoms with Gasteiger partial charge in [0.1, 0.15) is 11.5 Å². The van der Waals surface area contributed by atoms with Crippen molar-refractivity contribution in [2.45, 2.75) is 43.8 Å². The minimum atomic E-state index is -5.83. The highest BCUT2D eigenvalue weighted by molar-refractivity contribution is 5.41. The third-order valence-electron chi connectivity index (χ3n) is 6.81. The summed E-state index contributed by atoms with van der Waals surface area (Å²) in [6.45, 7) is 1.70. The molecule has 0 amide bonds. The molecule has 4 rings (SSSR count). The lowest BCUT2D eigenvalue weighted by Gasteiger charge is -2.25. The summed E-state index contributed by atoms with van der Waals surface area (Å²) in [5, 5.41) is 13.7. The minimum Gasteiger partial charge on any atom is -0.457 e. The maximum Gasteiger partial charge on any atom is 0.458 e. The molecular formula is C32H27F8NO2. The van der Waals surface area contributed by atoms with Gasteiger partial charge >= 0.3 is 18.3 Å². The molecule has 0 saturated heterocycles. The van der Waals surface area contributed by atoms with Crippen molar-refractivity contribution < 1.29 is 45.0 Å². The molecule has 4 aromatic carbocycles. The van der Waals surface area contributed by atoms with Crippen molar-refractivity contribution in [3.63, 3.8) is 0 Å². The van der Waals surface area contributed by atoms with Gasteiger partial charge in [-0.15, -0.1) is 0 Å². The number of halogens is 8. The van der Waals surface area contributed by atoms with Gasteiger partial charge in [-0.3, -0.25) is 0 Å². The van der Waals surface area contributed by atoms with E-state index in [1.165, 1.54) is 6.07 Å². The monoisotopic (exact) mass is 609 g/mol. The highest BCUT2D eigenvalue weighted by Gasteiger charge is 2.58. The third-order valence-corrected chi connectivity index (χ3v) is 6.81. The summed E-state index contributed by atoms with van der Waals surface area (Å²) in [6.07, 6.45) is -11.0. The molecule has 0 aromatic heterocycles. The van der Waals surface area contributed by atoms with Crippen LogP contribution in [-0.2, 0) is 18.5 Å². The molecule has 11 heteroatoms. The summed E-state index contributed by atoms with van der Waals surface area (Å²) in [6, 6.07) is 20.4. The van der Waals surface area contributed by atoms with Crippen LogP contribution in [0.1, 0.15) is 52.5 Å². The maximum absolute atomic E-state index is 14.2. The largest absolute Gasteiger partial charge is 0.458 e. The summed E-state index contributed by atoms with van der Waals surface area (Å²) in [5.74, 6) is -4.23. The number of aliphatic hydroxyl groups is 1. The Morgan fingerprint density at radius 2 is 1.26 bits per heavy atom. The summed E-state index contributed by atoms with van der Waals surface area (Å²) in [5.41, 5.74) is -0.561. The van der Waals surface area contributed by atoms with E-state index in [-0.39, 0.29) is 17.7 Å². The molecular weight excluding hydrogens is 582 g/mol. The zero-order valence-corrected chi connectivity index (χ0v) is 22.7. The first-order chi connectivity index (χ1) is 20.2. The van der Waals surface area contributed by atoms with E-state index in [4.69, 9.17) is 4.74 Å². The molecule has 0 radical (unpaired) electrons. The molecule has 0 saturated carbocycles. The average Bonchev–Trinajstić information content (AvgIpc) is 2.96. The number of aryl methyl sites for hydroxylation is 1. The van der Waals surface area contributed by atoms with Crippen molar-refractivity contribution in [2.24, 2.45) is 0 Å². The predicted octanol–water partition coefficient (Wildman–Crippen LogP) is 9.13. The fraction of sp³-hybridized carbons (Fsp3) is 0.250. The number of hydrogen-bond donors (Lipinski definition) is 2. The van der Waals surface area contributed by atoms with Gasteiger partial charge in [0.2, 0.25) is 0 Å². The normalized spacial score (nSPS) is 13.9. The molecule has 0 bridgehead atoms. The number of aliphatic hydroxyl groups excluding tert-OH is 1. The number of hydrogen-bond acceptors (Lipinski definition) is 3. The Bertz CT molecular complexity index is 1520. The summed E-state index contributed by atoms with van der Waals surface area (Å²) < 4.78 is 113. The fourth-order valence-electron chi connectivity index (χ4n) is 4.47. The smallest absolute Gasteiger partial charge is 0.457 e. The molecule has 3 nitrogen and oxygen atoms in total. The number of rotatable bonds is 10. The molecule has 0 aliphatic rings. The van der Waals surface area contributed by atoms with Crippen molar-refractivity contribution in [3.05, 3.63) is 130 Å². The van der Waals surface area contributed by atoms with Crippen LogP contribution < -0.4 is 10.1 Å². The van der Waals surface area contributed by atoms with E-state index in [1.807, 2.05) is 25.1 Å². The number of alkyl halides is 8. The maximum atomic E-state index is 14.2. The number of benzene rings is 4. The Kier molecular flexibility index (Phi) is 9.46. The average molecular weight is 610 g/mol. The van der Waals surface area contributed by atoms with Crippen LogP contribution in [-0.4, -0.2) is 17.8 Å². The Hall–Kier alpha value is -3.96. The van der Waals surface area contributed by atoms with E-state index in [2.05, 4.69) is 5.32 Å². The van der Waals surface area contributed by atoms with Gasteiger partial charge in [0.15, 0.2) is 0 Å². The van der Waals surface area contributed by atoms with Crippen molar-refractivity contribution in [3.8, 4) is 11.5 Å². The fourth-order valence-corrected chi connectivity index (χ4v) is 4.47. The van der Waals surface area contributed by atoms with Gasteiger partial charge in [-0.05, 0) is 71.1 Å². The lowest BCUT2D eigenvalue weighted by atomic mass is 9.94. The molecule has 0 spiro atoms. The molecule has 228 valence electrons. The highest BCUT2D eigenvalue weighted by Crippen LogP contribution is 2.44. The predicted molar refractivity (Wildman–Crippen MR) is 145 cm³/mol. The molecule has 0 fully saturated rings. The van der Waals surface area contributed by atoms with E-state index in [1.54, 1.807) is 30.3 Å². The second kappa shape index (κ2) is 12.7. The van der Waals surface area contributed by atoms with Crippen LogP contribution >= 0.6 is 0 Å². The lowest BCUT2D eigenvalue weighted by molar-refractivity contribution is -0.289. The van der Waals surface area contributed by atoms with E-state index in [0.717, 1.165) is 48.4 Å². The zero-order valence-electron chi connectivity index (χ0n) is 22.7. The van der Waals surface area contributed by atoms with E-state index >= 15 is 0 Å². The summed E-state index contributed by atoms with van der Waals surface area (Å²) in [4.78, 5) is 0. The topological polar surface area (TPSA) is 41.5 Å². The van der Waals surface area contributed by atoms with Crippen LogP contribution in [0, 0.1) is 0 Å². The van der Waals surface area contributed by atoms with Gasteiger partial charge in [0.25, 0.3) is 0 Å². The number of nitrogens with one attached hydrogen (secondary N) is 1. The van der Waals surface area contributed by atoms with Crippen LogP contribution in [0.5, 0.6) is 11.5 Å². The van der Waals surface area contributed by atoms with Crippen molar-refractivity contribution in [2.75, 3.05) is 6.54 Å². The first-order valence-electron chi connectivity index (χ1n) is 13.2.